The van der Waals surface area contributed by atoms with E-state index >= 15 is 0 Å². The molecule has 2 rings (SSSR count). The molecule has 1 heterocycles. The van der Waals surface area contributed by atoms with E-state index < -0.39 is 0 Å². The van der Waals surface area contributed by atoms with Gasteiger partial charge in [0.1, 0.15) is 6.61 Å². The Morgan fingerprint density at radius 2 is 1.93 bits per heavy atom. The number of benzene rings is 1. The maximum Gasteiger partial charge on any atom is 0.165 e. The fraction of sp³-hybridized carbons (Fsp3) is 0.455. The van der Waals surface area contributed by atoms with Gasteiger partial charge in [-0.3, -0.25) is 0 Å². The summed E-state index contributed by atoms with van der Waals surface area (Å²) in [6.07, 6.45) is -0.233. The van der Waals surface area contributed by atoms with Crippen molar-refractivity contribution in [3.63, 3.8) is 0 Å². The van der Waals surface area contributed by atoms with Crippen molar-refractivity contribution in [3.05, 3.63) is 23.3 Å². The van der Waals surface area contributed by atoms with E-state index in [0.29, 0.717) is 6.61 Å². The Labute approximate surface area is 83.3 Å². The summed E-state index contributed by atoms with van der Waals surface area (Å²) in [6, 6.07) is 4.01. The third-order valence-corrected chi connectivity index (χ3v) is 2.41. The van der Waals surface area contributed by atoms with Crippen LogP contribution in [0.25, 0.3) is 0 Å². The molecule has 0 fully saturated rings. The van der Waals surface area contributed by atoms with Crippen LogP contribution in [0.2, 0.25) is 0 Å². The van der Waals surface area contributed by atoms with Gasteiger partial charge in [-0.1, -0.05) is 12.1 Å². The zero-order valence-corrected chi connectivity index (χ0v) is 8.41. The van der Waals surface area contributed by atoms with Gasteiger partial charge in [0.2, 0.25) is 0 Å². The summed E-state index contributed by atoms with van der Waals surface area (Å²) in [4.78, 5) is 0. The second-order valence-electron chi connectivity index (χ2n) is 3.59. The van der Waals surface area contributed by atoms with Crippen molar-refractivity contribution < 1.29 is 14.6 Å². The Hall–Kier alpha value is -1.22. The first-order valence-electron chi connectivity index (χ1n) is 4.73. The minimum atomic E-state index is -0.233. The van der Waals surface area contributed by atoms with Gasteiger partial charge in [-0.05, 0) is 25.0 Å². The molecule has 1 unspecified atom stereocenters. The average Bonchev–Trinajstić information content (AvgIpc) is 2.23. The van der Waals surface area contributed by atoms with Crippen molar-refractivity contribution in [3.8, 4) is 11.5 Å². The van der Waals surface area contributed by atoms with E-state index in [1.807, 2.05) is 26.0 Å². The van der Waals surface area contributed by atoms with Gasteiger partial charge in [-0.25, -0.2) is 0 Å². The van der Waals surface area contributed by atoms with E-state index in [1.165, 1.54) is 0 Å². The van der Waals surface area contributed by atoms with Crippen LogP contribution in [-0.4, -0.2) is 24.4 Å². The Bertz CT molecular complexity index is 347. The smallest absolute Gasteiger partial charge is 0.165 e. The molecule has 0 aliphatic carbocycles. The zero-order chi connectivity index (χ0) is 10.1. The Morgan fingerprint density at radius 3 is 2.57 bits per heavy atom. The predicted molar refractivity (Wildman–Crippen MR) is 52.9 cm³/mol. The van der Waals surface area contributed by atoms with Crippen LogP contribution in [0.1, 0.15) is 11.1 Å². The van der Waals surface area contributed by atoms with Crippen LogP contribution in [0, 0.1) is 13.8 Å². The van der Waals surface area contributed by atoms with E-state index in [2.05, 4.69) is 0 Å². The fourth-order valence-electron chi connectivity index (χ4n) is 1.55. The Kier molecular flexibility index (Phi) is 2.33. The highest BCUT2D eigenvalue weighted by atomic mass is 16.6. The van der Waals surface area contributed by atoms with Crippen molar-refractivity contribution in [2.75, 3.05) is 13.2 Å². The van der Waals surface area contributed by atoms with Gasteiger partial charge < -0.3 is 14.6 Å². The second-order valence-corrected chi connectivity index (χ2v) is 3.59. The van der Waals surface area contributed by atoms with E-state index in [-0.39, 0.29) is 12.7 Å². The van der Waals surface area contributed by atoms with E-state index in [4.69, 9.17) is 14.6 Å². The molecular formula is C11H14O3. The van der Waals surface area contributed by atoms with Gasteiger partial charge in [-0.15, -0.1) is 0 Å². The third kappa shape index (κ3) is 1.44. The largest absolute Gasteiger partial charge is 0.485 e. The Balaban J connectivity index is 2.40. The van der Waals surface area contributed by atoms with Gasteiger partial charge in [0.05, 0.1) is 6.61 Å². The topological polar surface area (TPSA) is 38.7 Å². The molecule has 76 valence electrons. The Morgan fingerprint density at radius 1 is 1.29 bits per heavy atom. The molecule has 3 heteroatoms. The highest BCUT2D eigenvalue weighted by Gasteiger charge is 2.23. The zero-order valence-electron chi connectivity index (χ0n) is 8.41. The lowest BCUT2D eigenvalue weighted by Gasteiger charge is -2.27. The molecule has 0 bridgehead atoms. The van der Waals surface area contributed by atoms with Gasteiger partial charge in [0.15, 0.2) is 17.6 Å². The van der Waals surface area contributed by atoms with Crippen molar-refractivity contribution in [2.24, 2.45) is 0 Å². The molecule has 0 spiro atoms. The summed E-state index contributed by atoms with van der Waals surface area (Å²) in [5.41, 5.74) is 2.12. The van der Waals surface area contributed by atoms with E-state index in [0.717, 1.165) is 22.6 Å². The standard InChI is InChI=1S/C11H14O3/c1-7-3-4-8(2)11-10(7)13-6-9(5-12)14-11/h3-4,9,12H,5-6H2,1-2H3. The number of hydrogen-bond acceptors (Lipinski definition) is 3. The molecule has 3 nitrogen and oxygen atoms in total. The minimum Gasteiger partial charge on any atom is -0.485 e. The number of fused-ring (bicyclic) bond motifs is 1. The predicted octanol–water partition coefficient (Wildman–Crippen LogP) is 1.44. The molecule has 1 aliphatic rings. The summed E-state index contributed by atoms with van der Waals surface area (Å²) >= 11 is 0. The minimum absolute atomic E-state index is 0.00712. The van der Waals surface area contributed by atoms with Gasteiger partial charge >= 0.3 is 0 Å². The summed E-state index contributed by atoms with van der Waals surface area (Å²) in [5.74, 6) is 1.59. The lowest BCUT2D eigenvalue weighted by molar-refractivity contribution is 0.0445. The molecule has 14 heavy (non-hydrogen) atoms. The van der Waals surface area contributed by atoms with E-state index in [9.17, 15) is 0 Å². The third-order valence-electron chi connectivity index (χ3n) is 2.41. The number of ether oxygens (including phenoxy) is 2. The molecule has 1 aromatic rings. The highest BCUT2D eigenvalue weighted by molar-refractivity contribution is 5.51. The summed E-state index contributed by atoms with van der Waals surface area (Å²) in [7, 11) is 0. The quantitative estimate of drug-likeness (QED) is 0.735. The second kappa shape index (κ2) is 3.50. The van der Waals surface area contributed by atoms with Crippen LogP contribution in [0.15, 0.2) is 12.1 Å². The molecule has 0 saturated carbocycles. The van der Waals surface area contributed by atoms with Crippen LogP contribution in [-0.2, 0) is 0 Å². The molecular weight excluding hydrogens is 180 g/mol. The van der Waals surface area contributed by atoms with Crippen molar-refractivity contribution >= 4 is 0 Å². The molecule has 0 saturated heterocycles. The first-order chi connectivity index (χ1) is 6.72. The number of aliphatic hydroxyl groups excluding tert-OH is 1. The first kappa shape index (κ1) is 9.34. The maximum absolute atomic E-state index is 8.97. The number of rotatable bonds is 1. The van der Waals surface area contributed by atoms with E-state index in [1.54, 1.807) is 0 Å². The maximum atomic E-state index is 8.97. The average molecular weight is 194 g/mol. The molecule has 0 amide bonds. The molecule has 1 N–H and O–H groups in total. The lowest BCUT2D eigenvalue weighted by Crippen LogP contribution is -2.32. The first-order valence-corrected chi connectivity index (χ1v) is 4.73. The SMILES string of the molecule is Cc1ccc(C)c2c1OCC(CO)O2. The molecule has 1 aliphatic heterocycles. The number of aliphatic hydroxyl groups is 1. The van der Waals surface area contributed by atoms with Gasteiger partial charge in [-0.2, -0.15) is 0 Å². The van der Waals surface area contributed by atoms with Crippen LogP contribution >= 0.6 is 0 Å². The number of hydrogen-bond donors (Lipinski definition) is 1. The van der Waals surface area contributed by atoms with Crippen LogP contribution in [0.3, 0.4) is 0 Å². The van der Waals surface area contributed by atoms with Crippen LogP contribution < -0.4 is 9.47 Å². The van der Waals surface area contributed by atoms with Crippen LogP contribution in [0.5, 0.6) is 11.5 Å². The molecule has 0 radical (unpaired) electrons. The molecule has 1 aromatic carbocycles. The molecule has 0 aromatic heterocycles. The van der Waals surface area contributed by atoms with Gasteiger partial charge in [0.25, 0.3) is 0 Å². The molecule has 1 atom stereocenters. The summed E-state index contributed by atoms with van der Waals surface area (Å²) in [6.45, 7) is 4.38. The highest BCUT2D eigenvalue weighted by Crippen LogP contribution is 2.37. The normalized spacial score (nSPS) is 19.5. The fourth-order valence-corrected chi connectivity index (χ4v) is 1.55. The number of aryl methyl sites for hydroxylation is 2. The van der Waals surface area contributed by atoms with Gasteiger partial charge in [0, 0.05) is 0 Å². The van der Waals surface area contributed by atoms with Crippen molar-refractivity contribution in [2.45, 2.75) is 20.0 Å². The summed E-state index contributed by atoms with van der Waals surface area (Å²) < 4.78 is 11.2. The van der Waals surface area contributed by atoms with Crippen molar-refractivity contribution in [1.82, 2.24) is 0 Å². The van der Waals surface area contributed by atoms with Crippen LogP contribution in [0.4, 0.5) is 0 Å². The summed E-state index contributed by atoms with van der Waals surface area (Å²) in [5, 5.41) is 8.97. The van der Waals surface area contributed by atoms with Crippen molar-refractivity contribution in [1.29, 1.82) is 0 Å². The monoisotopic (exact) mass is 194 g/mol. The lowest BCUT2D eigenvalue weighted by atomic mass is 10.1.